The van der Waals surface area contributed by atoms with Gasteiger partial charge in [0.15, 0.2) is 0 Å². The Hall–Kier alpha value is -0.770. The van der Waals surface area contributed by atoms with Crippen LogP contribution in [0.4, 0.5) is 0 Å². The number of rotatable bonds is 3. The summed E-state index contributed by atoms with van der Waals surface area (Å²) in [6.07, 6.45) is 2.17. The lowest BCUT2D eigenvalue weighted by Crippen LogP contribution is -2.31. The number of ether oxygens (including phenoxy) is 1. The minimum Gasteiger partial charge on any atom is -0.376 e. The van der Waals surface area contributed by atoms with Crippen LogP contribution in [0.1, 0.15) is 23.2 Å². The molecule has 1 atom stereocenters. The molecule has 92 valence electrons. The lowest BCUT2D eigenvalue weighted by Gasteiger charge is -2.11. The van der Waals surface area contributed by atoms with Gasteiger partial charge in [0.1, 0.15) is 0 Å². The first-order chi connectivity index (χ1) is 8.16. The predicted octanol–water partition coefficient (Wildman–Crippen LogP) is 2.90. The highest BCUT2D eigenvalue weighted by Crippen LogP contribution is 2.20. The summed E-state index contributed by atoms with van der Waals surface area (Å²) in [5.41, 5.74) is 0.400. The van der Waals surface area contributed by atoms with Crippen molar-refractivity contribution in [2.45, 2.75) is 18.9 Å². The Kier molecular flexibility index (Phi) is 4.26. The number of benzene rings is 1. The fraction of sp³-hybridized carbons (Fsp3) is 0.417. The quantitative estimate of drug-likeness (QED) is 0.920. The van der Waals surface area contributed by atoms with Crippen LogP contribution in [-0.2, 0) is 4.74 Å². The van der Waals surface area contributed by atoms with Gasteiger partial charge in [0.25, 0.3) is 5.91 Å². The van der Waals surface area contributed by atoms with Gasteiger partial charge >= 0.3 is 0 Å². The lowest BCUT2D eigenvalue weighted by atomic mass is 10.2. The topological polar surface area (TPSA) is 38.3 Å². The Morgan fingerprint density at radius 3 is 3.00 bits per heavy atom. The zero-order valence-electron chi connectivity index (χ0n) is 9.21. The van der Waals surface area contributed by atoms with E-state index in [4.69, 9.17) is 27.9 Å². The van der Waals surface area contributed by atoms with Crippen LogP contribution in [0, 0.1) is 0 Å². The average molecular weight is 274 g/mol. The van der Waals surface area contributed by atoms with Crippen LogP contribution in [0.15, 0.2) is 18.2 Å². The summed E-state index contributed by atoms with van der Waals surface area (Å²) in [5, 5.41) is 3.70. The van der Waals surface area contributed by atoms with Crippen molar-refractivity contribution in [1.82, 2.24) is 5.32 Å². The number of halogens is 2. The van der Waals surface area contributed by atoms with Crippen molar-refractivity contribution >= 4 is 29.1 Å². The zero-order valence-corrected chi connectivity index (χ0v) is 10.7. The van der Waals surface area contributed by atoms with Gasteiger partial charge in [-0.1, -0.05) is 23.2 Å². The lowest BCUT2D eigenvalue weighted by molar-refractivity contribution is 0.0858. The maximum absolute atomic E-state index is 11.9. The SMILES string of the molecule is O=C(NC[C@@H]1CCCO1)c1cc(Cl)ccc1Cl. The molecule has 2 rings (SSSR count). The van der Waals surface area contributed by atoms with Gasteiger partial charge in [0.2, 0.25) is 0 Å². The molecular weight excluding hydrogens is 261 g/mol. The molecule has 1 aromatic rings. The van der Waals surface area contributed by atoms with Gasteiger partial charge in [0, 0.05) is 18.2 Å². The van der Waals surface area contributed by atoms with Crippen molar-refractivity contribution in [3.05, 3.63) is 33.8 Å². The third-order valence-corrected chi connectivity index (χ3v) is 3.25. The molecule has 1 fully saturated rings. The largest absolute Gasteiger partial charge is 0.376 e. The number of hydrogen-bond acceptors (Lipinski definition) is 2. The van der Waals surface area contributed by atoms with E-state index in [1.54, 1.807) is 18.2 Å². The Bertz CT molecular complexity index is 417. The Morgan fingerprint density at radius 2 is 2.29 bits per heavy atom. The second-order valence-electron chi connectivity index (χ2n) is 3.97. The summed E-state index contributed by atoms with van der Waals surface area (Å²) in [6, 6.07) is 4.83. The number of carbonyl (C=O) groups excluding carboxylic acids is 1. The van der Waals surface area contributed by atoms with Crippen molar-refractivity contribution in [1.29, 1.82) is 0 Å². The summed E-state index contributed by atoms with van der Waals surface area (Å²) < 4.78 is 5.42. The van der Waals surface area contributed by atoms with Crippen molar-refractivity contribution in [3.63, 3.8) is 0 Å². The minimum atomic E-state index is -0.215. The second-order valence-corrected chi connectivity index (χ2v) is 4.81. The summed E-state index contributed by atoms with van der Waals surface area (Å²) in [7, 11) is 0. The van der Waals surface area contributed by atoms with E-state index in [9.17, 15) is 4.79 Å². The van der Waals surface area contributed by atoms with Gasteiger partial charge < -0.3 is 10.1 Å². The van der Waals surface area contributed by atoms with Crippen molar-refractivity contribution < 1.29 is 9.53 Å². The number of hydrogen-bond donors (Lipinski definition) is 1. The van der Waals surface area contributed by atoms with Crippen LogP contribution in [-0.4, -0.2) is 25.2 Å². The van der Waals surface area contributed by atoms with E-state index in [1.165, 1.54) is 0 Å². The van der Waals surface area contributed by atoms with E-state index < -0.39 is 0 Å². The highest BCUT2D eigenvalue weighted by Gasteiger charge is 2.17. The van der Waals surface area contributed by atoms with Crippen molar-refractivity contribution in [2.24, 2.45) is 0 Å². The van der Waals surface area contributed by atoms with Crippen LogP contribution in [0.25, 0.3) is 0 Å². The molecule has 1 saturated heterocycles. The third kappa shape index (κ3) is 3.35. The summed E-state index contributed by atoms with van der Waals surface area (Å²) >= 11 is 11.8. The van der Waals surface area contributed by atoms with Gasteiger partial charge in [-0.05, 0) is 31.0 Å². The molecule has 3 nitrogen and oxygen atoms in total. The highest BCUT2D eigenvalue weighted by molar-refractivity contribution is 6.35. The minimum absolute atomic E-state index is 0.122. The molecule has 0 unspecified atom stereocenters. The van der Waals surface area contributed by atoms with Crippen LogP contribution < -0.4 is 5.32 Å². The molecule has 0 spiro atoms. The van der Waals surface area contributed by atoms with Crippen LogP contribution >= 0.6 is 23.2 Å². The molecule has 0 aromatic heterocycles. The smallest absolute Gasteiger partial charge is 0.252 e. The van der Waals surface area contributed by atoms with E-state index in [0.717, 1.165) is 19.4 Å². The zero-order chi connectivity index (χ0) is 12.3. The Balaban J connectivity index is 1.96. The first kappa shape index (κ1) is 12.7. The molecule has 0 radical (unpaired) electrons. The number of amides is 1. The molecular formula is C12H13Cl2NO2. The fourth-order valence-electron chi connectivity index (χ4n) is 1.78. The van der Waals surface area contributed by atoms with Crippen LogP contribution in [0.5, 0.6) is 0 Å². The second kappa shape index (κ2) is 5.71. The van der Waals surface area contributed by atoms with E-state index >= 15 is 0 Å². The van der Waals surface area contributed by atoms with E-state index in [2.05, 4.69) is 5.32 Å². The van der Waals surface area contributed by atoms with Gasteiger partial charge in [-0.15, -0.1) is 0 Å². The van der Waals surface area contributed by atoms with Gasteiger partial charge in [-0.25, -0.2) is 0 Å². The molecule has 1 N–H and O–H groups in total. The molecule has 5 heteroatoms. The molecule has 1 heterocycles. The highest BCUT2D eigenvalue weighted by atomic mass is 35.5. The van der Waals surface area contributed by atoms with Crippen molar-refractivity contribution in [3.8, 4) is 0 Å². The van der Waals surface area contributed by atoms with Crippen LogP contribution in [0.2, 0.25) is 10.0 Å². The molecule has 1 aliphatic rings. The van der Waals surface area contributed by atoms with E-state index in [1.807, 2.05) is 0 Å². The maximum atomic E-state index is 11.9. The van der Waals surface area contributed by atoms with Gasteiger partial charge in [-0.3, -0.25) is 4.79 Å². The first-order valence-electron chi connectivity index (χ1n) is 5.51. The average Bonchev–Trinajstić information content (AvgIpc) is 2.82. The maximum Gasteiger partial charge on any atom is 0.252 e. The fourth-order valence-corrected chi connectivity index (χ4v) is 2.15. The molecule has 0 aliphatic carbocycles. The molecule has 1 aliphatic heterocycles. The summed E-state index contributed by atoms with van der Waals surface area (Å²) in [5.74, 6) is -0.215. The third-order valence-electron chi connectivity index (χ3n) is 2.69. The molecule has 1 aromatic carbocycles. The normalized spacial score (nSPS) is 19.3. The summed E-state index contributed by atoms with van der Waals surface area (Å²) in [4.78, 5) is 11.9. The molecule has 1 amide bonds. The van der Waals surface area contributed by atoms with E-state index in [-0.39, 0.29) is 12.0 Å². The standard InChI is InChI=1S/C12H13Cl2NO2/c13-8-3-4-11(14)10(6-8)12(16)15-7-9-2-1-5-17-9/h3-4,6,9H,1-2,5,7H2,(H,15,16)/t9-/m0/s1. The number of carbonyl (C=O) groups is 1. The Morgan fingerprint density at radius 1 is 1.47 bits per heavy atom. The molecule has 0 saturated carbocycles. The molecule has 17 heavy (non-hydrogen) atoms. The Labute approximate surface area is 110 Å². The van der Waals surface area contributed by atoms with Crippen LogP contribution in [0.3, 0.4) is 0 Å². The van der Waals surface area contributed by atoms with Gasteiger partial charge in [0.05, 0.1) is 16.7 Å². The van der Waals surface area contributed by atoms with Gasteiger partial charge in [-0.2, -0.15) is 0 Å². The monoisotopic (exact) mass is 273 g/mol. The van der Waals surface area contributed by atoms with E-state index in [0.29, 0.717) is 22.2 Å². The predicted molar refractivity (Wildman–Crippen MR) is 67.8 cm³/mol. The number of nitrogens with one attached hydrogen (secondary N) is 1. The first-order valence-corrected chi connectivity index (χ1v) is 6.27. The summed E-state index contributed by atoms with van der Waals surface area (Å²) in [6.45, 7) is 1.29. The molecule has 0 bridgehead atoms. The van der Waals surface area contributed by atoms with Crippen molar-refractivity contribution in [2.75, 3.05) is 13.2 Å².